The van der Waals surface area contributed by atoms with Gasteiger partial charge in [0.25, 0.3) is 0 Å². The Kier molecular flexibility index (Phi) is 11.5. The zero-order valence-corrected chi connectivity index (χ0v) is 30.7. The Balaban J connectivity index is 1.39. The molecule has 0 saturated carbocycles. The summed E-state index contributed by atoms with van der Waals surface area (Å²) in [7, 11) is -3.67. The summed E-state index contributed by atoms with van der Waals surface area (Å²) in [5.41, 5.74) is 5.44. The molecule has 2 N–H and O–H groups in total. The summed E-state index contributed by atoms with van der Waals surface area (Å²) in [6.45, 7) is 6.95. The van der Waals surface area contributed by atoms with E-state index in [9.17, 15) is 31.2 Å². The summed E-state index contributed by atoms with van der Waals surface area (Å²) in [5, 5.41) is 0.132. The zero-order valence-electron chi connectivity index (χ0n) is 29.2. The molecule has 1 unspecified atom stereocenters. The van der Waals surface area contributed by atoms with Crippen molar-refractivity contribution in [3.63, 3.8) is 0 Å². The van der Waals surface area contributed by atoms with E-state index in [2.05, 4.69) is 9.97 Å². The minimum atomic E-state index is -4.95. The van der Waals surface area contributed by atoms with Gasteiger partial charge in [-0.05, 0) is 72.9 Å². The molecule has 1 amide bonds. The molecule has 0 bridgehead atoms. The quantitative estimate of drug-likeness (QED) is 0.226. The summed E-state index contributed by atoms with van der Waals surface area (Å²) in [4.78, 5) is 37.3. The third kappa shape index (κ3) is 9.00. The molecular formula is C35H41ClF3N5O7S. The van der Waals surface area contributed by atoms with Gasteiger partial charge in [-0.15, -0.1) is 0 Å². The van der Waals surface area contributed by atoms with Crippen LogP contribution < -0.4 is 15.4 Å². The normalized spacial score (nSPS) is 18.1. The number of aromatic nitrogens is 2. The van der Waals surface area contributed by atoms with Crippen molar-refractivity contribution < 1.29 is 45.4 Å². The van der Waals surface area contributed by atoms with E-state index in [1.165, 1.54) is 53.4 Å². The molecule has 1 spiro atoms. The maximum atomic E-state index is 14.8. The van der Waals surface area contributed by atoms with Crippen LogP contribution in [0.5, 0.6) is 5.88 Å². The number of carbonyl (C=O) groups is 2. The van der Waals surface area contributed by atoms with E-state index in [0.717, 1.165) is 6.26 Å². The molecule has 0 radical (unpaired) electrons. The van der Waals surface area contributed by atoms with Crippen LogP contribution in [0.2, 0.25) is 5.02 Å². The van der Waals surface area contributed by atoms with Crippen molar-refractivity contribution in [2.75, 3.05) is 49.7 Å². The summed E-state index contributed by atoms with van der Waals surface area (Å²) in [6, 6.07) is 9.77. The maximum Gasteiger partial charge on any atom is 0.429 e. The molecule has 0 aliphatic carbocycles. The molecule has 3 heterocycles. The molecule has 2 fully saturated rings. The molecule has 2 aliphatic heterocycles. The minimum absolute atomic E-state index is 0.0173. The molecular weight excluding hydrogens is 727 g/mol. The van der Waals surface area contributed by atoms with Crippen LogP contribution in [-0.4, -0.2) is 86.7 Å². The van der Waals surface area contributed by atoms with Crippen LogP contribution in [0.4, 0.5) is 29.7 Å². The number of esters is 1. The van der Waals surface area contributed by atoms with Crippen LogP contribution in [0, 0.1) is 11.3 Å². The Morgan fingerprint density at radius 2 is 1.79 bits per heavy atom. The van der Waals surface area contributed by atoms with Gasteiger partial charge in [0.05, 0.1) is 18.1 Å². The Hall–Kier alpha value is -4.31. The molecule has 2 saturated heterocycles. The SMILES string of the molecule is CCOC(=O)C1CC2(CCN(c3cc(O[C@H](c4ccc(Cl)cc4-c4cccc(S(C)(=O)=O)c4)C(F)(F)F)nc(N)n3)CC2)CN1C(=O)OCC(C)C. The molecule has 12 nitrogen and oxygen atoms in total. The molecule has 2 aromatic carbocycles. The van der Waals surface area contributed by atoms with Crippen LogP contribution in [0.1, 0.15) is 51.7 Å². The summed E-state index contributed by atoms with van der Waals surface area (Å²) >= 11 is 6.20. The largest absolute Gasteiger partial charge is 0.464 e. The highest BCUT2D eigenvalue weighted by Gasteiger charge is 2.51. The molecule has 52 heavy (non-hydrogen) atoms. The topological polar surface area (TPSA) is 154 Å². The number of likely N-dealkylation sites (tertiary alicyclic amines) is 1. The number of nitrogens with zero attached hydrogens (tertiary/aromatic N) is 4. The number of hydrogen-bond donors (Lipinski definition) is 1. The second-order valence-electron chi connectivity index (χ2n) is 13.6. The molecule has 282 valence electrons. The number of hydrogen-bond acceptors (Lipinski definition) is 11. The smallest absolute Gasteiger partial charge is 0.429 e. The van der Waals surface area contributed by atoms with Gasteiger partial charge < -0.3 is 24.8 Å². The van der Waals surface area contributed by atoms with E-state index in [0.29, 0.717) is 32.4 Å². The lowest BCUT2D eigenvalue weighted by Gasteiger charge is -2.39. The van der Waals surface area contributed by atoms with Crippen molar-refractivity contribution in [1.82, 2.24) is 14.9 Å². The Bertz CT molecular complexity index is 1910. The number of carbonyl (C=O) groups excluding carboxylic acids is 2. The number of ether oxygens (including phenoxy) is 3. The third-order valence-electron chi connectivity index (χ3n) is 9.10. The van der Waals surface area contributed by atoms with Crippen molar-refractivity contribution in [2.45, 2.75) is 63.3 Å². The van der Waals surface area contributed by atoms with E-state index < -0.39 is 51.5 Å². The average Bonchev–Trinajstić information content (AvgIpc) is 3.44. The van der Waals surface area contributed by atoms with Crippen molar-refractivity contribution >= 4 is 45.3 Å². The Labute approximate surface area is 305 Å². The fourth-order valence-electron chi connectivity index (χ4n) is 6.57. The number of benzene rings is 2. The fourth-order valence-corrected chi connectivity index (χ4v) is 7.41. The van der Waals surface area contributed by atoms with Crippen LogP contribution in [-0.2, 0) is 24.1 Å². The number of halogens is 4. The molecule has 17 heteroatoms. The van der Waals surface area contributed by atoms with Gasteiger partial charge in [-0.3, -0.25) is 4.90 Å². The molecule has 5 rings (SSSR count). The van der Waals surface area contributed by atoms with Gasteiger partial charge in [-0.1, -0.05) is 43.6 Å². The van der Waals surface area contributed by atoms with E-state index >= 15 is 0 Å². The highest BCUT2D eigenvalue weighted by molar-refractivity contribution is 7.90. The van der Waals surface area contributed by atoms with Gasteiger partial charge in [-0.25, -0.2) is 18.0 Å². The second kappa shape index (κ2) is 15.3. The van der Waals surface area contributed by atoms with E-state index in [4.69, 9.17) is 31.5 Å². The third-order valence-corrected chi connectivity index (χ3v) is 10.4. The van der Waals surface area contributed by atoms with Gasteiger partial charge in [0.2, 0.25) is 17.9 Å². The highest BCUT2D eigenvalue weighted by Crippen LogP contribution is 2.46. The highest BCUT2D eigenvalue weighted by atomic mass is 35.5. The zero-order chi connectivity index (χ0) is 38.0. The van der Waals surface area contributed by atoms with Crippen LogP contribution in [0.25, 0.3) is 11.1 Å². The molecule has 2 aliphatic rings. The van der Waals surface area contributed by atoms with E-state index in [-0.39, 0.29) is 64.1 Å². The number of alkyl halides is 3. The average molecular weight is 768 g/mol. The predicted octanol–water partition coefficient (Wildman–Crippen LogP) is 6.48. The summed E-state index contributed by atoms with van der Waals surface area (Å²) in [5.74, 6) is -0.896. The first-order valence-electron chi connectivity index (χ1n) is 16.7. The molecule has 2 atom stereocenters. The lowest BCUT2D eigenvalue weighted by atomic mass is 9.76. The predicted molar refractivity (Wildman–Crippen MR) is 188 cm³/mol. The number of nitrogens with two attached hydrogens (primary N) is 1. The minimum Gasteiger partial charge on any atom is -0.464 e. The summed E-state index contributed by atoms with van der Waals surface area (Å²) < 4.78 is 85.1. The van der Waals surface area contributed by atoms with Crippen LogP contribution in [0.15, 0.2) is 53.4 Å². The van der Waals surface area contributed by atoms with Gasteiger partial charge in [-0.2, -0.15) is 23.1 Å². The number of anilines is 2. The number of sulfone groups is 1. The van der Waals surface area contributed by atoms with Crippen molar-refractivity contribution in [3.05, 3.63) is 59.1 Å². The van der Waals surface area contributed by atoms with Crippen molar-refractivity contribution in [2.24, 2.45) is 11.3 Å². The first-order valence-corrected chi connectivity index (χ1v) is 19.0. The summed E-state index contributed by atoms with van der Waals surface area (Å²) in [6.07, 6.45) is -5.64. The monoisotopic (exact) mass is 767 g/mol. The lowest BCUT2D eigenvalue weighted by molar-refractivity contribution is -0.198. The van der Waals surface area contributed by atoms with Crippen LogP contribution in [0.3, 0.4) is 0 Å². The molecule has 3 aromatic rings. The van der Waals surface area contributed by atoms with E-state index in [1.807, 2.05) is 18.7 Å². The Morgan fingerprint density at radius 1 is 1.08 bits per heavy atom. The first kappa shape index (κ1) is 38.9. The fraction of sp³-hybridized carbons (Fsp3) is 0.486. The Morgan fingerprint density at radius 3 is 2.42 bits per heavy atom. The maximum absolute atomic E-state index is 14.8. The first-order chi connectivity index (χ1) is 24.4. The van der Waals surface area contributed by atoms with Gasteiger partial charge in [0.1, 0.15) is 11.9 Å². The van der Waals surface area contributed by atoms with Crippen molar-refractivity contribution in [3.8, 4) is 17.0 Å². The van der Waals surface area contributed by atoms with Gasteiger partial charge in [0, 0.05) is 42.5 Å². The molecule has 1 aromatic heterocycles. The number of rotatable bonds is 10. The standard InChI is InChI=1S/C35H41ClF3N5O7S/c1-5-49-31(45)27-18-34(20-44(27)33(46)50-19-21(2)3)11-13-43(14-12-34)28-17-29(42-32(40)41-28)51-30(35(37,38)39)25-10-9-23(36)16-26(25)22-7-6-8-24(15-22)52(4,47)48/h6-10,15-17,21,27,30H,5,11-14,18-20H2,1-4H3,(H2,40,41,42)/t27?,30-/m1/s1. The number of piperidine rings is 1. The van der Waals surface area contributed by atoms with Crippen molar-refractivity contribution in [1.29, 1.82) is 0 Å². The second-order valence-corrected chi connectivity index (χ2v) is 16.0. The van der Waals surface area contributed by atoms with Gasteiger partial charge >= 0.3 is 18.2 Å². The van der Waals surface area contributed by atoms with E-state index in [1.54, 1.807) is 6.92 Å². The van der Waals surface area contributed by atoms with Gasteiger partial charge in [0.15, 0.2) is 9.84 Å². The van der Waals surface area contributed by atoms with Crippen LogP contribution >= 0.6 is 11.6 Å². The number of amides is 1. The lowest BCUT2D eigenvalue weighted by Crippen LogP contribution is -2.44. The number of nitrogen functional groups attached to an aromatic ring is 1.